The van der Waals surface area contributed by atoms with Crippen LogP contribution in [0.15, 0.2) is 0 Å². The number of carbonyl (C=O) groups is 1. The molecule has 17 heavy (non-hydrogen) atoms. The Hall–Kier alpha value is -0.770. The predicted octanol–water partition coefficient (Wildman–Crippen LogP) is 2.14. The minimum Gasteiger partial charge on any atom is -0.444 e. The van der Waals surface area contributed by atoms with E-state index in [4.69, 9.17) is 9.47 Å². The number of ether oxygens (including phenoxy) is 2. The Morgan fingerprint density at radius 3 is 2.24 bits per heavy atom. The lowest BCUT2D eigenvalue weighted by molar-refractivity contribution is -0.0790. The van der Waals surface area contributed by atoms with E-state index < -0.39 is 5.60 Å². The molecule has 2 saturated heterocycles. The monoisotopic (exact) mass is 241 g/mol. The van der Waals surface area contributed by atoms with Crippen molar-refractivity contribution < 1.29 is 14.3 Å². The molecule has 2 fully saturated rings. The molecule has 0 aromatic rings. The van der Waals surface area contributed by atoms with Gasteiger partial charge < -0.3 is 14.4 Å². The molecule has 2 rings (SSSR count). The van der Waals surface area contributed by atoms with E-state index in [2.05, 4.69) is 6.92 Å². The van der Waals surface area contributed by atoms with E-state index >= 15 is 0 Å². The summed E-state index contributed by atoms with van der Waals surface area (Å²) in [6, 6.07) is 0. The lowest BCUT2D eigenvalue weighted by Gasteiger charge is -2.45. The van der Waals surface area contributed by atoms with Gasteiger partial charge in [0.2, 0.25) is 0 Å². The zero-order chi connectivity index (χ0) is 12.6. The highest BCUT2D eigenvalue weighted by Gasteiger charge is 2.40. The van der Waals surface area contributed by atoms with Crippen molar-refractivity contribution in [3.8, 4) is 0 Å². The van der Waals surface area contributed by atoms with Crippen LogP contribution in [-0.4, -0.2) is 42.9 Å². The number of amides is 1. The zero-order valence-electron chi connectivity index (χ0n) is 11.2. The van der Waals surface area contributed by atoms with Gasteiger partial charge in [-0.15, -0.1) is 0 Å². The molecule has 1 amide bonds. The quantitative estimate of drug-likeness (QED) is 0.652. The normalized spacial score (nSPS) is 33.4. The van der Waals surface area contributed by atoms with E-state index in [1.165, 1.54) is 0 Å². The van der Waals surface area contributed by atoms with Crippen LogP contribution < -0.4 is 0 Å². The Bertz CT molecular complexity index is 284. The van der Waals surface area contributed by atoms with Crippen molar-refractivity contribution >= 4 is 6.09 Å². The number of likely N-dealkylation sites (tertiary alicyclic amines) is 1. The predicted molar refractivity (Wildman–Crippen MR) is 64.8 cm³/mol. The fourth-order valence-corrected chi connectivity index (χ4v) is 2.61. The van der Waals surface area contributed by atoms with E-state index in [-0.39, 0.29) is 6.09 Å². The summed E-state index contributed by atoms with van der Waals surface area (Å²) < 4.78 is 11.0. The first-order valence-corrected chi connectivity index (χ1v) is 6.42. The summed E-state index contributed by atoms with van der Waals surface area (Å²) in [6.07, 6.45) is -0.179. The van der Waals surface area contributed by atoms with E-state index in [9.17, 15) is 4.79 Å². The van der Waals surface area contributed by atoms with Gasteiger partial charge in [-0.3, -0.25) is 0 Å². The van der Waals surface area contributed by atoms with Gasteiger partial charge >= 0.3 is 6.09 Å². The highest BCUT2D eigenvalue weighted by atomic mass is 16.6. The van der Waals surface area contributed by atoms with Crippen molar-refractivity contribution in [1.29, 1.82) is 0 Å². The molecule has 0 radical (unpaired) electrons. The Morgan fingerprint density at radius 1 is 1.24 bits per heavy atom. The number of nitrogens with zero attached hydrogens (tertiary/aromatic N) is 1. The lowest BCUT2D eigenvalue weighted by atomic mass is 9.78. The maximum atomic E-state index is 12.0. The van der Waals surface area contributed by atoms with Gasteiger partial charge in [0, 0.05) is 24.9 Å². The largest absolute Gasteiger partial charge is 0.444 e. The molecule has 0 aromatic carbocycles. The zero-order valence-corrected chi connectivity index (χ0v) is 11.2. The number of carbonyl (C=O) groups excluding carboxylic acids is 1. The molecule has 0 aliphatic carbocycles. The van der Waals surface area contributed by atoms with E-state index in [1.54, 1.807) is 0 Å². The third-order valence-electron chi connectivity index (χ3n) is 3.71. The number of hydrogen-bond acceptors (Lipinski definition) is 3. The van der Waals surface area contributed by atoms with Crippen molar-refractivity contribution in [2.45, 2.75) is 33.3 Å². The maximum absolute atomic E-state index is 12.0. The fraction of sp³-hybridized carbons (Fsp3) is 0.923. The number of piperidine rings is 1. The fourth-order valence-electron chi connectivity index (χ4n) is 2.61. The molecule has 2 bridgehead atoms. The van der Waals surface area contributed by atoms with Gasteiger partial charge in [0.25, 0.3) is 0 Å². The molecule has 2 unspecified atom stereocenters. The molecule has 4 nitrogen and oxygen atoms in total. The summed E-state index contributed by atoms with van der Waals surface area (Å²) in [5.74, 6) is 1.59. The molecule has 0 aromatic heterocycles. The lowest BCUT2D eigenvalue weighted by Crippen LogP contribution is -2.54. The average Bonchev–Trinajstić information content (AvgIpc) is 2.13. The Balaban J connectivity index is 1.97. The summed E-state index contributed by atoms with van der Waals surface area (Å²) in [7, 11) is 0. The maximum Gasteiger partial charge on any atom is 0.410 e. The van der Waals surface area contributed by atoms with Crippen LogP contribution in [0.3, 0.4) is 0 Å². The van der Waals surface area contributed by atoms with Crippen LogP contribution in [0.2, 0.25) is 0 Å². The van der Waals surface area contributed by atoms with Gasteiger partial charge in [0.1, 0.15) is 5.60 Å². The van der Waals surface area contributed by atoms with Crippen molar-refractivity contribution in [3.05, 3.63) is 0 Å². The Morgan fingerprint density at radius 2 is 1.76 bits per heavy atom. The summed E-state index contributed by atoms with van der Waals surface area (Å²) in [5, 5.41) is 0. The topological polar surface area (TPSA) is 38.8 Å². The molecule has 2 aliphatic heterocycles. The van der Waals surface area contributed by atoms with Gasteiger partial charge in [-0.1, -0.05) is 6.92 Å². The molecule has 2 aliphatic rings. The molecule has 0 saturated carbocycles. The third kappa shape index (κ3) is 2.92. The van der Waals surface area contributed by atoms with Crippen LogP contribution in [0, 0.1) is 17.8 Å². The smallest absolute Gasteiger partial charge is 0.410 e. The highest BCUT2D eigenvalue weighted by Crippen LogP contribution is 2.33. The second kappa shape index (κ2) is 4.48. The molecular weight excluding hydrogens is 218 g/mol. The van der Waals surface area contributed by atoms with Crippen LogP contribution in [-0.2, 0) is 9.47 Å². The van der Waals surface area contributed by atoms with Gasteiger partial charge in [-0.2, -0.15) is 0 Å². The molecule has 4 heteroatoms. The van der Waals surface area contributed by atoms with Gasteiger partial charge in [-0.05, 0) is 26.7 Å². The molecule has 98 valence electrons. The van der Waals surface area contributed by atoms with E-state index in [0.717, 1.165) is 26.3 Å². The second-order valence-electron chi connectivity index (χ2n) is 6.30. The van der Waals surface area contributed by atoms with Gasteiger partial charge in [-0.25, -0.2) is 4.79 Å². The Kier molecular flexibility index (Phi) is 3.34. The van der Waals surface area contributed by atoms with Crippen molar-refractivity contribution in [1.82, 2.24) is 4.90 Å². The summed E-state index contributed by atoms with van der Waals surface area (Å²) in [5.41, 5.74) is -0.411. The number of hydrogen-bond donors (Lipinski definition) is 0. The van der Waals surface area contributed by atoms with Crippen LogP contribution >= 0.6 is 0 Å². The second-order valence-corrected chi connectivity index (χ2v) is 6.30. The van der Waals surface area contributed by atoms with Gasteiger partial charge in [0.15, 0.2) is 0 Å². The number of rotatable bonds is 0. The van der Waals surface area contributed by atoms with Crippen LogP contribution in [0.1, 0.15) is 27.7 Å². The van der Waals surface area contributed by atoms with Crippen molar-refractivity contribution in [2.75, 3.05) is 26.3 Å². The first kappa shape index (κ1) is 12.7. The average molecular weight is 241 g/mol. The highest BCUT2D eigenvalue weighted by molar-refractivity contribution is 5.68. The standard InChI is InChI=1S/C13H23NO3/c1-9-10-5-14(6-11(9)8-16-7-10)12(15)17-13(2,3)4/h9-11H,5-8H2,1-4H3. The SMILES string of the molecule is CC1C2COCC1CN(C(=O)OC(C)(C)C)C2. The van der Waals surface area contributed by atoms with Crippen LogP contribution in [0.4, 0.5) is 4.79 Å². The molecule has 0 spiro atoms. The first-order chi connectivity index (χ1) is 7.87. The Labute approximate surface area is 103 Å². The summed E-state index contributed by atoms with van der Waals surface area (Å²) in [6.45, 7) is 11.1. The molecule has 2 atom stereocenters. The number of fused-ring (bicyclic) bond motifs is 2. The molecule has 0 N–H and O–H groups in total. The third-order valence-corrected chi connectivity index (χ3v) is 3.71. The first-order valence-electron chi connectivity index (χ1n) is 6.42. The van der Waals surface area contributed by atoms with Crippen LogP contribution in [0.25, 0.3) is 0 Å². The molecular formula is C13H23NO3. The van der Waals surface area contributed by atoms with Crippen LogP contribution in [0.5, 0.6) is 0 Å². The minimum atomic E-state index is -0.411. The summed E-state index contributed by atoms with van der Waals surface area (Å²) >= 11 is 0. The van der Waals surface area contributed by atoms with Crippen molar-refractivity contribution in [2.24, 2.45) is 17.8 Å². The van der Waals surface area contributed by atoms with E-state index in [0.29, 0.717) is 17.8 Å². The van der Waals surface area contributed by atoms with E-state index in [1.807, 2.05) is 25.7 Å². The van der Waals surface area contributed by atoms with Crippen molar-refractivity contribution in [3.63, 3.8) is 0 Å². The summed E-state index contributed by atoms with van der Waals surface area (Å²) in [4.78, 5) is 13.9. The minimum absolute atomic E-state index is 0.179. The molecule has 2 heterocycles. The van der Waals surface area contributed by atoms with Gasteiger partial charge in [0.05, 0.1) is 13.2 Å².